The lowest BCUT2D eigenvalue weighted by Gasteiger charge is -2.14. The summed E-state index contributed by atoms with van der Waals surface area (Å²) in [5, 5.41) is 0. The fourth-order valence-electron chi connectivity index (χ4n) is 0.566. The van der Waals surface area contributed by atoms with Crippen molar-refractivity contribution in [3.63, 3.8) is 0 Å². The molecule has 6 nitrogen and oxygen atoms in total. The Balaban J connectivity index is -0.0000000939. The van der Waals surface area contributed by atoms with Crippen LogP contribution in [0.5, 0.6) is 0 Å². The van der Waals surface area contributed by atoms with Gasteiger partial charge >= 0.3 is 0 Å². The fraction of sp³-hybridized carbons (Fsp3) is 0.800. The van der Waals surface area contributed by atoms with Crippen molar-refractivity contribution in [1.29, 1.82) is 0 Å². The zero-order valence-electron chi connectivity index (χ0n) is 14.5. The molecule has 0 aromatic carbocycles. The van der Waals surface area contributed by atoms with E-state index in [2.05, 4.69) is 28.1 Å². The first kappa shape index (κ1) is 27.7. The van der Waals surface area contributed by atoms with Crippen LogP contribution in [0.2, 0.25) is 0 Å². The average Bonchev–Trinajstić information content (AvgIpc) is 2.41. The van der Waals surface area contributed by atoms with Crippen molar-refractivity contribution in [2.45, 2.75) is 66.4 Å². The number of hydrogen-bond acceptors (Lipinski definition) is 6. The van der Waals surface area contributed by atoms with Gasteiger partial charge < -0.3 is 14.2 Å². The van der Waals surface area contributed by atoms with E-state index < -0.39 is 0 Å². The lowest BCUT2D eigenvalue weighted by molar-refractivity contribution is -0.138. The van der Waals surface area contributed by atoms with Gasteiger partial charge in [-0.05, 0) is 27.7 Å². The molecular weight excluding hydrogens is 276 g/mol. The molecule has 0 aliphatic carbocycles. The lowest BCUT2D eigenvalue weighted by Crippen LogP contribution is -2.17. The Bertz CT molecular complexity index is 197. The molecule has 0 heterocycles. The lowest BCUT2D eigenvalue weighted by atomic mass is 10.2. The number of hydrogen-bond donors (Lipinski definition) is 0. The molecule has 0 saturated heterocycles. The van der Waals surface area contributed by atoms with Crippen LogP contribution in [0.25, 0.3) is 0 Å². The zero-order valence-corrected chi connectivity index (χ0v) is 14.5. The summed E-state index contributed by atoms with van der Waals surface area (Å²) in [7, 11) is 1.31. The molecule has 0 aromatic heterocycles. The molecule has 0 aliphatic rings. The summed E-state index contributed by atoms with van der Waals surface area (Å²) in [5.41, 5.74) is -0.318. The SMILES string of the molecule is CC(C)(C)OC=O.CCCCC.CCOC=O.COC=O. The minimum absolute atomic E-state index is 0.318. The Morgan fingerprint density at radius 3 is 1.29 bits per heavy atom. The van der Waals surface area contributed by atoms with Crippen LogP contribution in [0.4, 0.5) is 0 Å². The fourth-order valence-corrected chi connectivity index (χ4v) is 0.566. The molecule has 128 valence electrons. The van der Waals surface area contributed by atoms with E-state index in [-0.39, 0.29) is 5.60 Å². The highest BCUT2D eigenvalue weighted by atomic mass is 16.5. The topological polar surface area (TPSA) is 78.9 Å². The first-order valence-electron chi connectivity index (χ1n) is 6.94. The first-order chi connectivity index (χ1) is 9.80. The third-order valence-corrected chi connectivity index (χ3v) is 1.44. The maximum atomic E-state index is 9.60. The van der Waals surface area contributed by atoms with Crippen LogP contribution >= 0.6 is 0 Å². The molecule has 6 heteroatoms. The minimum atomic E-state index is -0.318. The standard InChI is InChI=1S/C5H10O2.C5H12.C3H6O2.C2H4O2/c1-5(2,3)7-4-6;1-3-5-4-2;1-2-5-3-4;1-4-2-3/h4H,1-3H3;3-5H2,1-2H3;3H,2H2,1H3;2H,1H3. The van der Waals surface area contributed by atoms with Crippen molar-refractivity contribution in [3.8, 4) is 0 Å². The molecule has 0 rings (SSSR count). The van der Waals surface area contributed by atoms with E-state index in [0.717, 1.165) is 0 Å². The Kier molecular flexibility index (Phi) is 35.5. The van der Waals surface area contributed by atoms with Crippen molar-refractivity contribution in [3.05, 3.63) is 0 Å². The van der Waals surface area contributed by atoms with Gasteiger partial charge in [-0.1, -0.05) is 33.1 Å². The zero-order chi connectivity index (χ0) is 17.6. The Hall–Kier alpha value is -1.59. The van der Waals surface area contributed by atoms with Gasteiger partial charge in [-0.25, -0.2) is 0 Å². The molecule has 0 fully saturated rings. The van der Waals surface area contributed by atoms with Crippen LogP contribution in [-0.4, -0.2) is 38.7 Å². The molecule has 0 aliphatic heterocycles. The molecule has 21 heavy (non-hydrogen) atoms. The highest BCUT2D eigenvalue weighted by Gasteiger charge is 2.07. The van der Waals surface area contributed by atoms with Crippen molar-refractivity contribution < 1.29 is 28.6 Å². The van der Waals surface area contributed by atoms with Crippen LogP contribution in [0.3, 0.4) is 0 Å². The summed E-state index contributed by atoms with van der Waals surface area (Å²) in [6.07, 6.45) is 4.08. The van der Waals surface area contributed by atoms with E-state index in [0.29, 0.717) is 26.0 Å². The summed E-state index contributed by atoms with van der Waals surface area (Å²) in [6, 6.07) is 0. The van der Waals surface area contributed by atoms with Crippen molar-refractivity contribution in [2.24, 2.45) is 0 Å². The molecule has 0 unspecified atom stereocenters. The second-order valence-corrected chi connectivity index (χ2v) is 4.56. The maximum absolute atomic E-state index is 9.60. The van der Waals surface area contributed by atoms with E-state index >= 15 is 0 Å². The van der Waals surface area contributed by atoms with E-state index in [1.54, 1.807) is 6.92 Å². The maximum Gasteiger partial charge on any atom is 0.293 e. The highest BCUT2D eigenvalue weighted by molar-refractivity contribution is 5.37. The van der Waals surface area contributed by atoms with Gasteiger partial charge in [-0.15, -0.1) is 0 Å². The molecule has 0 radical (unpaired) electrons. The quantitative estimate of drug-likeness (QED) is 0.554. The van der Waals surface area contributed by atoms with E-state index in [9.17, 15) is 9.59 Å². The minimum Gasteiger partial charge on any atom is -0.471 e. The number of carbonyl (C=O) groups is 3. The van der Waals surface area contributed by atoms with Gasteiger partial charge in [-0.2, -0.15) is 0 Å². The molecule has 0 spiro atoms. The number of carbonyl (C=O) groups excluding carboxylic acids is 3. The summed E-state index contributed by atoms with van der Waals surface area (Å²) >= 11 is 0. The molecule has 0 atom stereocenters. The normalized spacial score (nSPS) is 8.14. The van der Waals surface area contributed by atoms with Gasteiger partial charge in [-0.3, -0.25) is 14.4 Å². The average molecular weight is 308 g/mol. The van der Waals surface area contributed by atoms with Gasteiger partial charge in [0.25, 0.3) is 19.4 Å². The predicted molar refractivity (Wildman–Crippen MR) is 82.9 cm³/mol. The Morgan fingerprint density at radius 1 is 0.857 bits per heavy atom. The molecule has 0 bridgehead atoms. The Morgan fingerprint density at radius 2 is 1.29 bits per heavy atom. The summed E-state index contributed by atoms with van der Waals surface area (Å²) in [4.78, 5) is 27.7. The summed E-state index contributed by atoms with van der Waals surface area (Å²) < 4.78 is 12.6. The third-order valence-electron chi connectivity index (χ3n) is 1.44. The Labute approximate surface area is 129 Å². The smallest absolute Gasteiger partial charge is 0.293 e. The van der Waals surface area contributed by atoms with Crippen molar-refractivity contribution in [2.75, 3.05) is 13.7 Å². The summed E-state index contributed by atoms with van der Waals surface area (Å²) in [6.45, 7) is 13.4. The highest BCUT2D eigenvalue weighted by Crippen LogP contribution is 2.02. The van der Waals surface area contributed by atoms with Gasteiger partial charge in [0.2, 0.25) is 0 Å². The van der Waals surface area contributed by atoms with Gasteiger partial charge in [0.05, 0.1) is 13.7 Å². The van der Waals surface area contributed by atoms with Crippen molar-refractivity contribution >= 4 is 19.4 Å². The van der Waals surface area contributed by atoms with Crippen LogP contribution in [0.15, 0.2) is 0 Å². The van der Waals surface area contributed by atoms with Crippen LogP contribution in [-0.2, 0) is 28.6 Å². The molecule has 0 amide bonds. The number of ether oxygens (including phenoxy) is 3. The van der Waals surface area contributed by atoms with Gasteiger partial charge in [0.1, 0.15) is 5.60 Å². The molecule has 0 N–H and O–H groups in total. The monoisotopic (exact) mass is 308 g/mol. The van der Waals surface area contributed by atoms with E-state index in [1.165, 1.54) is 26.4 Å². The second-order valence-electron chi connectivity index (χ2n) is 4.56. The van der Waals surface area contributed by atoms with Crippen LogP contribution < -0.4 is 0 Å². The largest absolute Gasteiger partial charge is 0.471 e. The second kappa shape index (κ2) is 26.9. The first-order valence-corrected chi connectivity index (χ1v) is 6.94. The van der Waals surface area contributed by atoms with Gasteiger partial charge in [0.15, 0.2) is 0 Å². The molecule has 0 saturated carbocycles. The van der Waals surface area contributed by atoms with E-state index in [4.69, 9.17) is 4.79 Å². The molecule has 0 aromatic rings. The van der Waals surface area contributed by atoms with Crippen molar-refractivity contribution in [1.82, 2.24) is 0 Å². The van der Waals surface area contributed by atoms with Gasteiger partial charge in [0, 0.05) is 0 Å². The number of rotatable bonds is 6. The molecular formula is C15H32O6. The van der Waals surface area contributed by atoms with E-state index in [1.807, 2.05) is 20.8 Å². The van der Waals surface area contributed by atoms with Crippen LogP contribution in [0.1, 0.15) is 60.8 Å². The predicted octanol–water partition coefficient (Wildman–Crippen LogP) is 3.12. The third kappa shape index (κ3) is 90.3. The van der Waals surface area contributed by atoms with Crippen LogP contribution in [0, 0.1) is 0 Å². The summed E-state index contributed by atoms with van der Waals surface area (Å²) in [5.74, 6) is 0. The number of unbranched alkanes of at least 4 members (excludes halogenated alkanes) is 2. The number of methoxy groups -OCH3 is 1.